The number of aromatic hydroxyl groups is 1. The molecule has 0 fully saturated rings. The van der Waals surface area contributed by atoms with Crippen molar-refractivity contribution in [3.8, 4) is 5.75 Å². The molecule has 0 atom stereocenters. The van der Waals surface area contributed by atoms with Crippen molar-refractivity contribution >= 4 is 27.1 Å². The number of rotatable bonds is 1. The van der Waals surface area contributed by atoms with E-state index in [-0.39, 0.29) is 11.4 Å². The number of nitrogens with zero attached hydrogens (tertiary/aromatic N) is 1. The number of phenols is 1. The normalized spacial score (nSPS) is 10.6. The molecule has 0 amide bonds. The molecule has 0 aliphatic heterocycles. The predicted octanol–water partition coefficient (Wildman–Crippen LogP) is 2.82. The Hall–Kier alpha value is -1.62. The molecule has 1 aromatic carbocycles. The fraction of sp³-hybridized carbons (Fsp3) is 0.111. The van der Waals surface area contributed by atoms with Crippen molar-refractivity contribution in [3.63, 3.8) is 0 Å². The van der Waals surface area contributed by atoms with Gasteiger partial charge in [0, 0.05) is 16.3 Å². The molecule has 2 aromatic rings. The van der Waals surface area contributed by atoms with Crippen molar-refractivity contribution in [3.05, 3.63) is 33.2 Å². The van der Waals surface area contributed by atoms with E-state index in [1.807, 2.05) is 13.0 Å². The van der Waals surface area contributed by atoms with Gasteiger partial charge in [-0.15, -0.1) is 11.3 Å². The number of nitro groups is 1. The fourth-order valence-electron chi connectivity index (χ4n) is 1.35. The molecule has 1 aromatic heterocycles. The van der Waals surface area contributed by atoms with Gasteiger partial charge in [0.15, 0.2) is 0 Å². The van der Waals surface area contributed by atoms with Crippen LogP contribution in [0.2, 0.25) is 0 Å². The van der Waals surface area contributed by atoms with E-state index in [1.54, 1.807) is 0 Å². The Morgan fingerprint density at radius 1 is 1.43 bits per heavy atom. The Balaban J connectivity index is 2.77. The zero-order valence-corrected chi connectivity index (χ0v) is 8.17. The minimum atomic E-state index is -0.508. The number of thiophene rings is 1. The zero-order valence-electron chi connectivity index (χ0n) is 7.35. The zero-order chi connectivity index (χ0) is 10.3. The number of hydrogen-bond donors (Lipinski definition) is 1. The Kier molecular flexibility index (Phi) is 1.89. The summed E-state index contributed by atoms with van der Waals surface area (Å²) in [5, 5.41) is 20.7. The van der Waals surface area contributed by atoms with E-state index >= 15 is 0 Å². The molecule has 0 aliphatic rings. The van der Waals surface area contributed by atoms with E-state index in [1.165, 1.54) is 23.5 Å². The summed E-state index contributed by atoms with van der Waals surface area (Å²) >= 11 is 1.43. The topological polar surface area (TPSA) is 63.4 Å². The van der Waals surface area contributed by atoms with Crippen molar-refractivity contribution in [2.24, 2.45) is 0 Å². The van der Waals surface area contributed by atoms with Crippen molar-refractivity contribution in [1.29, 1.82) is 0 Å². The molecule has 5 heteroatoms. The first-order chi connectivity index (χ1) is 6.58. The van der Waals surface area contributed by atoms with Gasteiger partial charge in [0.25, 0.3) is 5.69 Å². The minimum Gasteiger partial charge on any atom is -0.506 e. The van der Waals surface area contributed by atoms with Crippen molar-refractivity contribution in [1.82, 2.24) is 0 Å². The van der Waals surface area contributed by atoms with Crippen molar-refractivity contribution < 1.29 is 10.0 Å². The Morgan fingerprint density at radius 2 is 2.14 bits per heavy atom. The van der Waals surface area contributed by atoms with Crippen LogP contribution in [-0.2, 0) is 0 Å². The quantitative estimate of drug-likeness (QED) is 0.580. The highest BCUT2D eigenvalue weighted by atomic mass is 32.1. The number of non-ortho nitro benzene ring substituents is 1. The highest BCUT2D eigenvalue weighted by molar-refractivity contribution is 7.19. The van der Waals surface area contributed by atoms with Crippen LogP contribution in [0.5, 0.6) is 5.75 Å². The molecule has 0 radical (unpaired) electrons. The summed E-state index contributed by atoms with van der Waals surface area (Å²) < 4.78 is 0.702. The van der Waals surface area contributed by atoms with Crippen molar-refractivity contribution in [2.45, 2.75) is 6.92 Å². The van der Waals surface area contributed by atoms with Gasteiger partial charge in [0.1, 0.15) is 5.75 Å². The lowest BCUT2D eigenvalue weighted by Gasteiger charge is -1.94. The van der Waals surface area contributed by atoms with Gasteiger partial charge in [-0.25, -0.2) is 0 Å². The summed E-state index contributed by atoms with van der Waals surface area (Å²) in [7, 11) is 0. The molecule has 0 saturated carbocycles. The molecular formula is C9H7NO3S. The van der Waals surface area contributed by atoms with E-state index in [0.717, 1.165) is 10.3 Å². The van der Waals surface area contributed by atoms with Crippen molar-refractivity contribution in [2.75, 3.05) is 0 Å². The van der Waals surface area contributed by atoms with Crippen LogP contribution in [0.15, 0.2) is 18.2 Å². The number of benzene rings is 1. The van der Waals surface area contributed by atoms with Gasteiger partial charge in [0.05, 0.1) is 15.7 Å². The first-order valence-electron chi connectivity index (χ1n) is 3.95. The molecule has 2 rings (SSSR count). The minimum absolute atomic E-state index is 0.0210. The van der Waals surface area contributed by atoms with Gasteiger partial charge in [-0.2, -0.15) is 0 Å². The first-order valence-corrected chi connectivity index (χ1v) is 4.77. The first kappa shape index (κ1) is 8.96. The van der Waals surface area contributed by atoms with Gasteiger partial charge < -0.3 is 5.11 Å². The second kappa shape index (κ2) is 2.95. The van der Waals surface area contributed by atoms with Crippen LogP contribution in [0.25, 0.3) is 10.1 Å². The molecule has 0 bridgehead atoms. The highest BCUT2D eigenvalue weighted by Crippen LogP contribution is 2.35. The second-order valence-electron chi connectivity index (χ2n) is 3.00. The number of fused-ring (bicyclic) bond motifs is 1. The smallest absolute Gasteiger partial charge is 0.273 e. The number of aryl methyl sites for hydroxylation is 1. The number of nitro benzene ring substituents is 1. The Morgan fingerprint density at radius 3 is 2.79 bits per heavy atom. The summed E-state index contributed by atoms with van der Waals surface area (Å²) in [6.45, 7) is 1.90. The van der Waals surface area contributed by atoms with E-state index in [2.05, 4.69) is 0 Å². The maximum Gasteiger partial charge on any atom is 0.273 e. The Bertz CT molecular complexity index is 518. The average Bonchev–Trinajstić information content (AvgIpc) is 2.45. The van der Waals surface area contributed by atoms with Gasteiger partial charge in [0.2, 0.25) is 0 Å². The van der Waals surface area contributed by atoms with Gasteiger partial charge >= 0.3 is 0 Å². The third-order valence-corrected chi connectivity index (χ3v) is 3.00. The lowest BCUT2D eigenvalue weighted by molar-refractivity contribution is -0.384. The molecule has 0 saturated heterocycles. The molecule has 1 heterocycles. The fourth-order valence-corrected chi connectivity index (χ4v) is 2.26. The summed E-state index contributed by atoms with van der Waals surface area (Å²) in [6.07, 6.45) is 0. The molecule has 0 spiro atoms. The van der Waals surface area contributed by atoms with E-state index in [4.69, 9.17) is 0 Å². The summed E-state index contributed by atoms with van der Waals surface area (Å²) in [6, 6.07) is 4.48. The lowest BCUT2D eigenvalue weighted by atomic mass is 10.2. The highest BCUT2D eigenvalue weighted by Gasteiger charge is 2.12. The Labute approximate surface area is 83.6 Å². The van der Waals surface area contributed by atoms with Crippen LogP contribution >= 0.6 is 11.3 Å². The van der Waals surface area contributed by atoms with Crippen LogP contribution < -0.4 is 0 Å². The predicted molar refractivity (Wildman–Crippen MR) is 54.9 cm³/mol. The summed E-state index contributed by atoms with van der Waals surface area (Å²) in [5.74, 6) is -0.0210. The molecule has 0 aliphatic carbocycles. The third kappa shape index (κ3) is 1.31. The third-order valence-electron chi connectivity index (χ3n) is 1.92. The monoisotopic (exact) mass is 209 g/mol. The molecule has 72 valence electrons. The standard InChI is InChI=1S/C9H7NO3S/c1-5-2-6-3-7(10(12)13)4-8(11)9(6)14-5/h2-4,11H,1H3. The van der Waals surface area contributed by atoms with Gasteiger partial charge in [-0.05, 0) is 13.0 Å². The molecule has 4 nitrogen and oxygen atoms in total. The van der Waals surface area contributed by atoms with Crippen LogP contribution in [0, 0.1) is 17.0 Å². The average molecular weight is 209 g/mol. The summed E-state index contributed by atoms with van der Waals surface area (Å²) in [5.41, 5.74) is -0.0761. The lowest BCUT2D eigenvalue weighted by Crippen LogP contribution is -1.86. The summed E-state index contributed by atoms with van der Waals surface area (Å²) in [4.78, 5) is 11.0. The number of hydrogen-bond acceptors (Lipinski definition) is 4. The number of phenolic OH excluding ortho intramolecular Hbond substituents is 1. The van der Waals surface area contributed by atoms with Crippen LogP contribution in [0.3, 0.4) is 0 Å². The van der Waals surface area contributed by atoms with Gasteiger partial charge in [-0.3, -0.25) is 10.1 Å². The van der Waals surface area contributed by atoms with E-state index in [9.17, 15) is 15.2 Å². The van der Waals surface area contributed by atoms with Crippen LogP contribution in [0.4, 0.5) is 5.69 Å². The second-order valence-corrected chi connectivity index (χ2v) is 4.25. The molecule has 0 unspecified atom stereocenters. The molecule has 1 N–H and O–H groups in total. The maximum absolute atomic E-state index is 10.5. The largest absolute Gasteiger partial charge is 0.506 e. The SMILES string of the molecule is Cc1cc2cc([N+](=O)[O-])cc(O)c2s1. The van der Waals surface area contributed by atoms with Crippen LogP contribution in [-0.4, -0.2) is 10.0 Å². The molecule has 14 heavy (non-hydrogen) atoms. The van der Waals surface area contributed by atoms with Gasteiger partial charge in [-0.1, -0.05) is 0 Å². The van der Waals surface area contributed by atoms with Crippen LogP contribution in [0.1, 0.15) is 4.88 Å². The van der Waals surface area contributed by atoms with E-state index < -0.39 is 4.92 Å². The maximum atomic E-state index is 10.5. The van der Waals surface area contributed by atoms with E-state index in [0.29, 0.717) is 4.70 Å². The molecular weight excluding hydrogens is 202 g/mol.